The average Bonchev–Trinajstić information content (AvgIpc) is 3.05. The molecule has 0 saturated heterocycles. The fraction of sp³-hybridized carbons (Fsp3) is 0.628. The molecule has 0 radical (unpaired) electrons. The van der Waals surface area contributed by atoms with Gasteiger partial charge in [0.15, 0.2) is 6.04 Å². The molecule has 11 heteroatoms. The third-order valence-corrected chi connectivity index (χ3v) is 24.3. The van der Waals surface area contributed by atoms with Gasteiger partial charge in [0.05, 0.1) is 0 Å². The second-order valence-corrected chi connectivity index (χ2v) is 30.5. The molecule has 0 unspecified atom stereocenters. The summed E-state index contributed by atoms with van der Waals surface area (Å²) >= 11 is -2.63. The molecule has 302 valence electrons. The SMILES string of the molecule is CCC[CH2][Sn]([CH2]CCC)([CH2]CCC)[c]1ccc(C(=O)Nc2cccc(CO[C@H](C(=O)OC(C)(C)C)[C@H](NC(=O)OC(C)(C)C)C(=O)OC(C)(C)C)c2)cc1. The molecule has 2 N–H and O–H groups in total. The van der Waals surface area contributed by atoms with Crippen molar-refractivity contribution in [2.24, 2.45) is 0 Å². The van der Waals surface area contributed by atoms with Gasteiger partial charge in [-0.05, 0) is 62.3 Å². The molecule has 0 saturated carbocycles. The van der Waals surface area contributed by atoms with Crippen molar-refractivity contribution in [2.45, 2.75) is 170 Å². The minimum absolute atomic E-state index is 0.153. The first-order valence-electron chi connectivity index (χ1n) is 19.7. The number of ether oxygens (including phenoxy) is 4. The van der Waals surface area contributed by atoms with E-state index < -0.39 is 65.4 Å². The number of hydrogen-bond donors (Lipinski definition) is 2. The van der Waals surface area contributed by atoms with Crippen LogP contribution >= 0.6 is 0 Å². The standard InChI is InChI=1S/C31H41N2O8.3C4H9.Sn/c1-29(2,3)39-26(35)23(33-28(37)41-31(7,8)9)24(27(36)40-30(4,5)6)38-19-20-14-13-17-22(18-20)32-25(34)21-15-11-10-12-16-21;3*1-3-4-2;/h11-18,23-24H,19H2,1-9H3,(H,32,34)(H,33,37);3*1,3-4H2,2H3;/t23-,24-;;;;/m0..../s1. The maximum absolute atomic E-state index is 13.6. The van der Waals surface area contributed by atoms with Gasteiger partial charge in [0.1, 0.15) is 16.8 Å². The van der Waals surface area contributed by atoms with Crippen molar-refractivity contribution >= 4 is 51.6 Å². The summed E-state index contributed by atoms with van der Waals surface area (Å²) in [4.78, 5) is 53.4. The first-order valence-corrected chi connectivity index (χ1v) is 27.2. The van der Waals surface area contributed by atoms with Crippen LogP contribution in [-0.2, 0) is 35.1 Å². The van der Waals surface area contributed by atoms with E-state index in [-0.39, 0.29) is 12.5 Å². The van der Waals surface area contributed by atoms with Gasteiger partial charge in [-0.25, -0.2) is 14.4 Å². The van der Waals surface area contributed by atoms with Crippen LogP contribution in [-0.4, -0.2) is 71.3 Å². The van der Waals surface area contributed by atoms with Gasteiger partial charge in [-0.15, -0.1) is 0 Å². The summed E-state index contributed by atoms with van der Waals surface area (Å²) in [5.74, 6) is -1.98. The van der Waals surface area contributed by atoms with Crippen LogP contribution < -0.4 is 14.2 Å². The fourth-order valence-corrected chi connectivity index (χ4v) is 22.1. The van der Waals surface area contributed by atoms with E-state index in [4.69, 9.17) is 18.9 Å². The van der Waals surface area contributed by atoms with E-state index in [9.17, 15) is 19.2 Å². The Morgan fingerprint density at radius 2 is 1.17 bits per heavy atom. The summed E-state index contributed by atoms with van der Waals surface area (Å²) in [6.45, 7) is 21.8. The van der Waals surface area contributed by atoms with Crippen LogP contribution in [0.25, 0.3) is 0 Å². The van der Waals surface area contributed by atoms with Crippen LogP contribution in [0.1, 0.15) is 138 Å². The Kier molecular flexibility index (Phi) is 18.5. The molecule has 2 aromatic rings. The Labute approximate surface area is 329 Å². The van der Waals surface area contributed by atoms with Crippen molar-refractivity contribution < 1.29 is 38.1 Å². The van der Waals surface area contributed by atoms with Crippen molar-refractivity contribution in [1.82, 2.24) is 5.32 Å². The molecule has 0 heterocycles. The number of benzene rings is 2. The normalized spacial score (nSPS) is 13.4. The zero-order chi connectivity index (χ0) is 40.7. The van der Waals surface area contributed by atoms with E-state index in [0.717, 1.165) is 0 Å². The van der Waals surface area contributed by atoms with Crippen LogP contribution in [0, 0.1) is 0 Å². The van der Waals surface area contributed by atoms with Gasteiger partial charge in [0, 0.05) is 0 Å². The van der Waals surface area contributed by atoms with Crippen molar-refractivity contribution in [3.63, 3.8) is 0 Å². The summed E-state index contributed by atoms with van der Waals surface area (Å²) in [6, 6.07) is 13.8. The number of amides is 2. The second kappa shape index (κ2) is 21.3. The Morgan fingerprint density at radius 3 is 1.65 bits per heavy atom. The molecule has 2 aromatic carbocycles. The molecular formula is C43H68N2O8Sn. The maximum atomic E-state index is 13.6. The van der Waals surface area contributed by atoms with Crippen molar-refractivity contribution in [3.8, 4) is 0 Å². The summed E-state index contributed by atoms with van der Waals surface area (Å²) in [5.41, 5.74) is -0.989. The number of esters is 2. The number of rotatable bonds is 19. The summed E-state index contributed by atoms with van der Waals surface area (Å²) in [7, 11) is 0. The molecule has 0 bridgehead atoms. The Balaban J connectivity index is 2.35. The molecule has 0 aromatic heterocycles. The predicted molar refractivity (Wildman–Crippen MR) is 219 cm³/mol. The Hall–Kier alpha value is -3.12. The molecule has 10 nitrogen and oxygen atoms in total. The van der Waals surface area contributed by atoms with Crippen LogP contribution in [0.5, 0.6) is 0 Å². The molecule has 2 rings (SSSR count). The van der Waals surface area contributed by atoms with Gasteiger partial charge >= 0.3 is 211 Å². The van der Waals surface area contributed by atoms with E-state index in [2.05, 4.69) is 43.5 Å². The van der Waals surface area contributed by atoms with Crippen LogP contribution in [0.15, 0.2) is 48.5 Å². The van der Waals surface area contributed by atoms with Gasteiger partial charge in [0.2, 0.25) is 0 Å². The number of anilines is 1. The van der Waals surface area contributed by atoms with Crippen molar-refractivity contribution in [1.29, 1.82) is 0 Å². The molecule has 2 amide bonds. The van der Waals surface area contributed by atoms with E-state index in [1.54, 1.807) is 86.6 Å². The quantitative estimate of drug-likeness (QED) is 0.0813. The van der Waals surface area contributed by atoms with Gasteiger partial charge in [-0.3, -0.25) is 0 Å². The number of alkyl carbamates (subject to hydrolysis) is 1. The van der Waals surface area contributed by atoms with Gasteiger partial charge in [-0.1, -0.05) is 0 Å². The second-order valence-electron chi connectivity index (χ2n) is 17.2. The molecule has 0 aliphatic rings. The van der Waals surface area contributed by atoms with Crippen LogP contribution in [0.2, 0.25) is 13.3 Å². The molecule has 0 spiro atoms. The van der Waals surface area contributed by atoms with Crippen molar-refractivity contribution in [2.75, 3.05) is 5.32 Å². The third-order valence-electron chi connectivity index (χ3n) is 8.68. The number of nitrogens with one attached hydrogen (secondary N) is 2. The first-order chi connectivity index (χ1) is 25.1. The van der Waals surface area contributed by atoms with Crippen molar-refractivity contribution in [3.05, 3.63) is 59.7 Å². The first kappa shape index (κ1) is 47.0. The monoisotopic (exact) mass is 860 g/mol. The average molecular weight is 860 g/mol. The molecule has 0 fully saturated rings. The van der Waals surface area contributed by atoms with E-state index in [1.165, 1.54) is 55.4 Å². The van der Waals surface area contributed by atoms with E-state index in [0.29, 0.717) is 16.8 Å². The van der Waals surface area contributed by atoms with Crippen LogP contribution in [0.3, 0.4) is 0 Å². The number of carbonyl (C=O) groups is 4. The third kappa shape index (κ3) is 16.7. The molecule has 0 aliphatic heterocycles. The summed E-state index contributed by atoms with van der Waals surface area (Å²) < 4.78 is 28.3. The minimum atomic E-state index is -2.63. The van der Waals surface area contributed by atoms with Crippen LogP contribution in [0.4, 0.5) is 10.5 Å². The summed E-state index contributed by atoms with van der Waals surface area (Å²) in [6.07, 6.45) is 4.91. The molecule has 0 aliphatic carbocycles. The van der Waals surface area contributed by atoms with Gasteiger partial charge in [-0.2, -0.15) is 0 Å². The Bertz CT molecular complexity index is 1480. The number of hydrogen-bond acceptors (Lipinski definition) is 8. The molecule has 54 heavy (non-hydrogen) atoms. The summed E-state index contributed by atoms with van der Waals surface area (Å²) in [5, 5.41) is 5.48. The number of unbranched alkanes of at least 4 members (excludes halogenated alkanes) is 3. The topological polar surface area (TPSA) is 129 Å². The molecular weight excluding hydrogens is 791 g/mol. The van der Waals surface area contributed by atoms with Gasteiger partial charge < -0.3 is 19.5 Å². The van der Waals surface area contributed by atoms with Gasteiger partial charge in [0.25, 0.3) is 0 Å². The molecule has 2 atom stereocenters. The fourth-order valence-electron chi connectivity index (χ4n) is 6.17. The van der Waals surface area contributed by atoms with E-state index in [1.807, 2.05) is 12.1 Å². The zero-order valence-corrected chi connectivity index (χ0v) is 38.0. The number of carbonyl (C=O) groups excluding carboxylic acids is 4. The zero-order valence-electron chi connectivity index (χ0n) is 35.1. The predicted octanol–water partition coefficient (Wildman–Crippen LogP) is 9.46. The Morgan fingerprint density at radius 1 is 0.667 bits per heavy atom. The van der Waals surface area contributed by atoms with E-state index >= 15 is 0 Å².